The van der Waals surface area contributed by atoms with Gasteiger partial charge in [0.15, 0.2) is 0 Å². The van der Waals surface area contributed by atoms with Gasteiger partial charge < -0.3 is 10.00 Å². The van der Waals surface area contributed by atoms with Crippen LogP contribution in [-0.2, 0) is 12.6 Å². The molecule has 1 atom stereocenters. The van der Waals surface area contributed by atoms with Gasteiger partial charge in [-0.25, -0.2) is 0 Å². The molecule has 1 unspecified atom stereocenters. The van der Waals surface area contributed by atoms with Gasteiger partial charge >= 0.3 is 0 Å². The summed E-state index contributed by atoms with van der Waals surface area (Å²) < 4.78 is 0. The number of phenols is 1. The van der Waals surface area contributed by atoms with Crippen LogP contribution in [0.1, 0.15) is 60.1 Å². The molecule has 0 amide bonds. The van der Waals surface area contributed by atoms with E-state index in [1.54, 1.807) is 0 Å². The zero-order chi connectivity index (χ0) is 17.9. The van der Waals surface area contributed by atoms with Crippen molar-refractivity contribution in [2.24, 2.45) is 0 Å². The zero-order valence-corrected chi connectivity index (χ0v) is 16.3. The Morgan fingerprint density at radius 2 is 1.62 bits per heavy atom. The maximum absolute atomic E-state index is 10.0. The molecule has 2 aromatic carbocycles. The van der Waals surface area contributed by atoms with E-state index in [0.717, 1.165) is 24.3 Å². The third kappa shape index (κ3) is 4.59. The van der Waals surface area contributed by atoms with Crippen LogP contribution in [0.2, 0.25) is 0 Å². The van der Waals surface area contributed by atoms with E-state index in [4.69, 9.17) is 0 Å². The Bertz CT molecular complexity index is 684. The molecular formula is C21H29O2P. The van der Waals surface area contributed by atoms with Gasteiger partial charge in [-0.05, 0) is 71.8 Å². The summed E-state index contributed by atoms with van der Waals surface area (Å²) in [5, 5.41) is 10.0. The maximum Gasteiger partial charge on any atom is 0.119 e. The standard InChI is InChI=1S/C21H29O2P/c1-6-24(23)13-18-9-15(4)20(16(5)10-18)12-17-7-8-21(22)19(11-17)14(2)3/h7-11,14,22-23H,6,12-13H2,1-5H3. The van der Waals surface area contributed by atoms with E-state index in [1.165, 1.54) is 27.8 Å². The number of benzene rings is 2. The van der Waals surface area contributed by atoms with Gasteiger partial charge in [-0.3, -0.25) is 0 Å². The molecule has 0 fully saturated rings. The number of hydrogen-bond donors (Lipinski definition) is 2. The molecule has 130 valence electrons. The Morgan fingerprint density at radius 3 is 2.17 bits per heavy atom. The van der Waals surface area contributed by atoms with Crippen molar-refractivity contribution in [3.63, 3.8) is 0 Å². The molecule has 24 heavy (non-hydrogen) atoms. The van der Waals surface area contributed by atoms with Gasteiger partial charge in [0.1, 0.15) is 5.75 Å². The fraction of sp³-hybridized carbons (Fsp3) is 0.429. The van der Waals surface area contributed by atoms with Crippen LogP contribution in [0.25, 0.3) is 0 Å². The molecule has 0 spiro atoms. The van der Waals surface area contributed by atoms with Gasteiger partial charge in [-0.1, -0.05) is 45.0 Å². The van der Waals surface area contributed by atoms with Crippen molar-refractivity contribution < 1.29 is 10.00 Å². The van der Waals surface area contributed by atoms with E-state index in [-0.39, 0.29) is 0 Å². The maximum atomic E-state index is 10.0. The zero-order valence-electron chi connectivity index (χ0n) is 15.4. The van der Waals surface area contributed by atoms with E-state index < -0.39 is 8.15 Å². The van der Waals surface area contributed by atoms with E-state index in [9.17, 15) is 10.00 Å². The van der Waals surface area contributed by atoms with Crippen LogP contribution in [-0.4, -0.2) is 16.2 Å². The monoisotopic (exact) mass is 344 g/mol. The summed E-state index contributed by atoms with van der Waals surface area (Å²) in [5.41, 5.74) is 7.38. The van der Waals surface area contributed by atoms with Crippen molar-refractivity contribution in [2.75, 3.05) is 6.16 Å². The first-order valence-electron chi connectivity index (χ1n) is 8.66. The van der Waals surface area contributed by atoms with Crippen molar-refractivity contribution >= 4 is 8.15 Å². The average Bonchev–Trinajstić information content (AvgIpc) is 2.52. The minimum absolute atomic E-state index is 0.312. The lowest BCUT2D eigenvalue weighted by Crippen LogP contribution is -2.00. The molecule has 0 saturated heterocycles. The first kappa shape index (κ1) is 19.0. The molecule has 0 aliphatic rings. The van der Waals surface area contributed by atoms with Crippen LogP contribution < -0.4 is 0 Å². The van der Waals surface area contributed by atoms with Gasteiger partial charge in [0.05, 0.1) is 0 Å². The molecule has 0 aliphatic heterocycles. The lowest BCUT2D eigenvalue weighted by molar-refractivity contribution is 0.464. The predicted molar refractivity (Wildman–Crippen MR) is 104 cm³/mol. The van der Waals surface area contributed by atoms with Crippen molar-refractivity contribution in [2.45, 2.75) is 53.1 Å². The molecule has 0 heterocycles. The third-order valence-electron chi connectivity index (χ3n) is 4.58. The SMILES string of the molecule is CCP(O)Cc1cc(C)c(Cc2ccc(O)c(C(C)C)c2)c(C)c1. The molecule has 2 N–H and O–H groups in total. The number of rotatable bonds is 6. The predicted octanol–water partition coefficient (Wildman–Crippen LogP) is 5.63. The summed E-state index contributed by atoms with van der Waals surface area (Å²) in [4.78, 5) is 9.95. The second-order valence-corrected chi connectivity index (χ2v) is 8.88. The Hall–Kier alpha value is -1.37. The topological polar surface area (TPSA) is 40.5 Å². The number of aryl methyl sites for hydroxylation is 2. The summed E-state index contributed by atoms with van der Waals surface area (Å²) in [6, 6.07) is 10.4. The van der Waals surface area contributed by atoms with Crippen molar-refractivity contribution in [3.8, 4) is 5.75 Å². The molecule has 0 aromatic heterocycles. The third-order valence-corrected chi connectivity index (χ3v) is 6.04. The summed E-state index contributed by atoms with van der Waals surface area (Å²) in [5.74, 6) is 0.695. The van der Waals surface area contributed by atoms with Crippen molar-refractivity contribution in [3.05, 3.63) is 63.7 Å². The Balaban J connectivity index is 2.29. The van der Waals surface area contributed by atoms with E-state index in [0.29, 0.717) is 11.7 Å². The highest BCUT2D eigenvalue weighted by atomic mass is 31.1. The molecule has 0 saturated carbocycles. The smallest absolute Gasteiger partial charge is 0.119 e. The summed E-state index contributed by atoms with van der Waals surface area (Å²) in [6.45, 7) is 10.6. The van der Waals surface area contributed by atoms with Crippen LogP contribution in [0.15, 0.2) is 30.3 Å². The second-order valence-electron chi connectivity index (χ2n) is 6.91. The van der Waals surface area contributed by atoms with E-state index in [1.807, 2.05) is 19.1 Å². The molecule has 0 radical (unpaired) electrons. The average molecular weight is 344 g/mol. The Labute approximate surface area is 147 Å². The summed E-state index contributed by atoms with van der Waals surface area (Å²) >= 11 is 0. The highest BCUT2D eigenvalue weighted by molar-refractivity contribution is 7.50. The number of aromatic hydroxyl groups is 1. The van der Waals surface area contributed by atoms with Crippen molar-refractivity contribution in [1.29, 1.82) is 0 Å². The fourth-order valence-corrected chi connectivity index (χ4v) is 3.98. The highest BCUT2D eigenvalue weighted by Gasteiger charge is 2.11. The summed E-state index contributed by atoms with van der Waals surface area (Å²) in [7, 11) is -0.880. The molecule has 3 heteroatoms. The number of hydrogen-bond acceptors (Lipinski definition) is 2. The highest BCUT2D eigenvalue weighted by Crippen LogP contribution is 2.35. The number of phenolic OH excluding ortho intramolecular Hbond substituents is 1. The normalized spacial score (nSPS) is 12.6. The summed E-state index contributed by atoms with van der Waals surface area (Å²) in [6.07, 6.45) is 2.50. The molecule has 2 rings (SSSR count). The van der Waals surface area contributed by atoms with Crippen molar-refractivity contribution in [1.82, 2.24) is 0 Å². The minimum atomic E-state index is -0.880. The fourth-order valence-electron chi connectivity index (χ4n) is 3.16. The van der Waals surface area contributed by atoms with Gasteiger partial charge in [0, 0.05) is 14.3 Å². The Kier molecular flexibility index (Phi) is 6.43. The van der Waals surface area contributed by atoms with Crippen LogP contribution >= 0.6 is 8.15 Å². The lowest BCUT2D eigenvalue weighted by Gasteiger charge is -2.16. The first-order valence-corrected chi connectivity index (χ1v) is 10.3. The van der Waals surface area contributed by atoms with Gasteiger partial charge in [-0.15, -0.1) is 0 Å². The first-order chi connectivity index (χ1) is 11.3. The molecule has 2 aromatic rings. The molecule has 2 nitrogen and oxygen atoms in total. The molecule has 0 aliphatic carbocycles. The molecular weight excluding hydrogens is 315 g/mol. The van der Waals surface area contributed by atoms with E-state index in [2.05, 4.69) is 45.9 Å². The van der Waals surface area contributed by atoms with Gasteiger partial charge in [0.25, 0.3) is 0 Å². The van der Waals surface area contributed by atoms with E-state index >= 15 is 0 Å². The van der Waals surface area contributed by atoms with Crippen LogP contribution in [0, 0.1) is 13.8 Å². The van der Waals surface area contributed by atoms with Crippen LogP contribution in [0.3, 0.4) is 0 Å². The largest absolute Gasteiger partial charge is 0.508 e. The van der Waals surface area contributed by atoms with Crippen LogP contribution in [0.5, 0.6) is 5.75 Å². The lowest BCUT2D eigenvalue weighted by atomic mass is 9.92. The second kappa shape index (κ2) is 8.14. The molecule has 0 bridgehead atoms. The minimum Gasteiger partial charge on any atom is -0.508 e. The Morgan fingerprint density at radius 1 is 1.00 bits per heavy atom. The quantitative estimate of drug-likeness (QED) is 0.667. The van der Waals surface area contributed by atoms with Crippen LogP contribution in [0.4, 0.5) is 0 Å². The van der Waals surface area contributed by atoms with Gasteiger partial charge in [0.2, 0.25) is 0 Å². The van der Waals surface area contributed by atoms with Gasteiger partial charge in [-0.2, -0.15) is 0 Å².